The molecular weight excluding hydrogens is 279 g/mol. The molecule has 0 fully saturated rings. The maximum atomic E-state index is 6.03. The predicted octanol–water partition coefficient (Wildman–Crippen LogP) is 4.91. The molecule has 0 saturated heterocycles. The summed E-state index contributed by atoms with van der Waals surface area (Å²) in [6.07, 6.45) is 1.90. The molecule has 0 atom stereocenters. The first-order valence-electron chi connectivity index (χ1n) is 6.61. The summed E-state index contributed by atoms with van der Waals surface area (Å²) in [5, 5.41) is 0.727. The van der Waals surface area contributed by atoms with Gasteiger partial charge < -0.3 is 4.57 Å². The number of hydrogen-bond acceptors (Lipinski definition) is 1. The largest absolute Gasteiger partial charge is 0.328 e. The molecule has 4 heteroatoms. The molecule has 0 radical (unpaired) electrons. The second kappa shape index (κ2) is 5.72. The van der Waals surface area contributed by atoms with Crippen molar-refractivity contribution in [2.75, 3.05) is 5.88 Å². The Balaban J connectivity index is 2.40. The zero-order chi connectivity index (χ0) is 14.0. The van der Waals surface area contributed by atoms with Crippen LogP contribution in [0.2, 0.25) is 5.02 Å². The van der Waals surface area contributed by atoms with Crippen LogP contribution < -0.4 is 0 Å². The van der Waals surface area contributed by atoms with Gasteiger partial charge in [0.25, 0.3) is 0 Å². The van der Waals surface area contributed by atoms with Gasteiger partial charge in [0.15, 0.2) is 0 Å². The molecule has 0 unspecified atom stereocenters. The molecule has 2 aromatic rings. The standard InChI is InChI=1S/C15H20Cl2N2/c1-15(2,3)7-9-19-13-5-4-11(17)10-12(13)18-14(19)6-8-16/h4-5,10H,6-9H2,1-3H3. The van der Waals surface area contributed by atoms with Crippen molar-refractivity contribution in [1.82, 2.24) is 9.55 Å². The van der Waals surface area contributed by atoms with E-state index in [1.807, 2.05) is 18.2 Å². The van der Waals surface area contributed by atoms with Crippen LogP contribution in [0.3, 0.4) is 0 Å². The van der Waals surface area contributed by atoms with Crippen molar-refractivity contribution >= 4 is 34.2 Å². The first-order chi connectivity index (χ1) is 8.90. The molecule has 1 heterocycles. The third-order valence-corrected chi connectivity index (χ3v) is 3.62. The van der Waals surface area contributed by atoms with Gasteiger partial charge in [-0.2, -0.15) is 0 Å². The lowest BCUT2D eigenvalue weighted by molar-refractivity contribution is 0.350. The van der Waals surface area contributed by atoms with Crippen LogP contribution in [0.25, 0.3) is 11.0 Å². The number of rotatable bonds is 4. The van der Waals surface area contributed by atoms with Crippen molar-refractivity contribution < 1.29 is 0 Å². The minimum absolute atomic E-state index is 0.307. The molecule has 0 amide bonds. The summed E-state index contributed by atoms with van der Waals surface area (Å²) in [5.74, 6) is 1.64. The van der Waals surface area contributed by atoms with Crippen molar-refractivity contribution in [1.29, 1.82) is 0 Å². The Hall–Kier alpha value is -0.730. The van der Waals surface area contributed by atoms with Gasteiger partial charge in [-0.15, -0.1) is 11.6 Å². The van der Waals surface area contributed by atoms with Crippen molar-refractivity contribution in [3.8, 4) is 0 Å². The maximum Gasteiger partial charge on any atom is 0.111 e. The molecule has 0 aliphatic carbocycles. The Morgan fingerprint density at radius 3 is 2.63 bits per heavy atom. The van der Waals surface area contributed by atoms with Crippen molar-refractivity contribution in [3.63, 3.8) is 0 Å². The van der Waals surface area contributed by atoms with Crippen LogP contribution in [-0.4, -0.2) is 15.4 Å². The van der Waals surface area contributed by atoms with Crippen LogP contribution in [0.4, 0.5) is 0 Å². The van der Waals surface area contributed by atoms with Gasteiger partial charge in [0.1, 0.15) is 5.82 Å². The SMILES string of the molecule is CC(C)(C)CCn1c(CCCl)nc2cc(Cl)ccc21. The van der Waals surface area contributed by atoms with E-state index in [0.29, 0.717) is 11.3 Å². The second-order valence-electron chi connectivity index (χ2n) is 6.06. The van der Waals surface area contributed by atoms with Crippen molar-refractivity contribution in [2.24, 2.45) is 5.41 Å². The van der Waals surface area contributed by atoms with E-state index >= 15 is 0 Å². The molecule has 0 aliphatic rings. The molecule has 0 aliphatic heterocycles. The zero-order valence-corrected chi connectivity index (χ0v) is 13.2. The Morgan fingerprint density at radius 2 is 2.00 bits per heavy atom. The van der Waals surface area contributed by atoms with E-state index in [4.69, 9.17) is 23.2 Å². The number of fused-ring (bicyclic) bond motifs is 1. The van der Waals surface area contributed by atoms with Crippen molar-refractivity contribution in [3.05, 3.63) is 29.0 Å². The summed E-state index contributed by atoms with van der Waals surface area (Å²) >= 11 is 11.9. The van der Waals surface area contributed by atoms with Gasteiger partial charge in [0.2, 0.25) is 0 Å². The molecule has 2 rings (SSSR count). The van der Waals surface area contributed by atoms with Gasteiger partial charge >= 0.3 is 0 Å². The van der Waals surface area contributed by atoms with Gasteiger partial charge in [0, 0.05) is 23.9 Å². The number of alkyl halides is 1. The number of benzene rings is 1. The van der Waals surface area contributed by atoms with E-state index in [0.717, 1.165) is 41.3 Å². The minimum atomic E-state index is 0.307. The average Bonchev–Trinajstić information content (AvgIpc) is 2.62. The molecule has 104 valence electrons. The monoisotopic (exact) mass is 298 g/mol. The van der Waals surface area contributed by atoms with Crippen LogP contribution in [0.1, 0.15) is 33.0 Å². The summed E-state index contributed by atoms with van der Waals surface area (Å²) in [4.78, 5) is 4.66. The summed E-state index contributed by atoms with van der Waals surface area (Å²) < 4.78 is 2.28. The molecule has 0 bridgehead atoms. The number of halogens is 2. The Labute approximate surface area is 124 Å². The van der Waals surface area contributed by atoms with E-state index in [1.165, 1.54) is 0 Å². The van der Waals surface area contributed by atoms with E-state index < -0.39 is 0 Å². The first-order valence-corrected chi connectivity index (χ1v) is 7.52. The number of aromatic nitrogens is 2. The Kier molecular flexibility index (Phi) is 4.42. The van der Waals surface area contributed by atoms with Gasteiger partial charge in [-0.3, -0.25) is 0 Å². The quantitative estimate of drug-likeness (QED) is 0.734. The van der Waals surface area contributed by atoms with Crippen molar-refractivity contribution in [2.45, 2.75) is 40.2 Å². The normalized spacial score (nSPS) is 12.3. The minimum Gasteiger partial charge on any atom is -0.328 e. The van der Waals surface area contributed by atoms with E-state index in [9.17, 15) is 0 Å². The van der Waals surface area contributed by atoms with Crippen LogP contribution in [0.5, 0.6) is 0 Å². The predicted molar refractivity (Wildman–Crippen MR) is 83.2 cm³/mol. The third-order valence-electron chi connectivity index (χ3n) is 3.19. The van der Waals surface area contributed by atoms with Gasteiger partial charge in [-0.05, 0) is 30.0 Å². The number of aryl methyl sites for hydroxylation is 2. The third kappa shape index (κ3) is 3.64. The van der Waals surface area contributed by atoms with Gasteiger partial charge in [-0.1, -0.05) is 32.4 Å². The molecule has 1 aromatic heterocycles. The lowest BCUT2D eigenvalue weighted by Gasteiger charge is -2.19. The second-order valence-corrected chi connectivity index (χ2v) is 6.88. The van der Waals surface area contributed by atoms with E-state index in [2.05, 4.69) is 30.3 Å². The smallest absolute Gasteiger partial charge is 0.111 e. The lowest BCUT2D eigenvalue weighted by Crippen LogP contribution is -2.12. The summed E-state index contributed by atoms with van der Waals surface area (Å²) in [5.41, 5.74) is 2.41. The van der Waals surface area contributed by atoms with Gasteiger partial charge in [0.05, 0.1) is 11.0 Å². The fourth-order valence-corrected chi connectivity index (χ4v) is 2.46. The highest BCUT2D eigenvalue weighted by atomic mass is 35.5. The Morgan fingerprint density at radius 1 is 1.26 bits per heavy atom. The summed E-state index contributed by atoms with van der Waals surface area (Å²) in [7, 11) is 0. The number of nitrogens with zero attached hydrogens (tertiary/aromatic N) is 2. The highest BCUT2D eigenvalue weighted by Crippen LogP contribution is 2.25. The number of hydrogen-bond donors (Lipinski definition) is 0. The number of imidazole rings is 1. The van der Waals surface area contributed by atoms with Crippen LogP contribution in [0, 0.1) is 5.41 Å². The molecular formula is C15H20Cl2N2. The fourth-order valence-electron chi connectivity index (χ4n) is 2.12. The topological polar surface area (TPSA) is 17.8 Å². The van der Waals surface area contributed by atoms with E-state index in [1.54, 1.807) is 0 Å². The maximum absolute atomic E-state index is 6.03. The van der Waals surface area contributed by atoms with Crippen LogP contribution in [0.15, 0.2) is 18.2 Å². The highest BCUT2D eigenvalue weighted by Gasteiger charge is 2.15. The molecule has 19 heavy (non-hydrogen) atoms. The Bertz CT molecular complexity index is 567. The molecule has 0 spiro atoms. The first kappa shape index (κ1) is 14.7. The lowest BCUT2D eigenvalue weighted by atomic mass is 9.92. The highest BCUT2D eigenvalue weighted by molar-refractivity contribution is 6.31. The summed E-state index contributed by atoms with van der Waals surface area (Å²) in [6, 6.07) is 5.89. The van der Waals surface area contributed by atoms with Crippen LogP contribution in [-0.2, 0) is 13.0 Å². The van der Waals surface area contributed by atoms with Gasteiger partial charge in [-0.25, -0.2) is 4.98 Å². The molecule has 2 nitrogen and oxygen atoms in total. The summed E-state index contributed by atoms with van der Waals surface area (Å²) in [6.45, 7) is 7.73. The average molecular weight is 299 g/mol. The molecule has 0 N–H and O–H groups in total. The zero-order valence-electron chi connectivity index (χ0n) is 11.7. The fraction of sp³-hybridized carbons (Fsp3) is 0.533. The van der Waals surface area contributed by atoms with E-state index in [-0.39, 0.29) is 0 Å². The molecule has 1 aromatic carbocycles. The van der Waals surface area contributed by atoms with Crippen LogP contribution >= 0.6 is 23.2 Å². The molecule has 0 saturated carbocycles.